The first-order valence-electron chi connectivity index (χ1n) is 6.52. The molecule has 0 radical (unpaired) electrons. The zero-order valence-corrected chi connectivity index (χ0v) is 11.0. The SMILES string of the molecule is O=C(NCC1CCOCC1)Nc1cccc([N+](=O)[O-])c1. The lowest BCUT2D eigenvalue weighted by atomic mass is 10.0. The smallest absolute Gasteiger partial charge is 0.319 e. The van der Waals surface area contributed by atoms with E-state index in [0.717, 1.165) is 26.1 Å². The van der Waals surface area contributed by atoms with Crippen molar-refractivity contribution in [3.05, 3.63) is 34.4 Å². The normalized spacial score (nSPS) is 15.6. The number of hydrogen-bond donors (Lipinski definition) is 2. The first-order valence-corrected chi connectivity index (χ1v) is 6.52. The van der Waals surface area contributed by atoms with E-state index in [4.69, 9.17) is 4.74 Å². The van der Waals surface area contributed by atoms with Gasteiger partial charge in [-0.25, -0.2) is 4.79 Å². The van der Waals surface area contributed by atoms with Gasteiger partial charge < -0.3 is 15.4 Å². The first kappa shape index (κ1) is 14.3. The number of nitro benzene ring substituents is 1. The molecule has 2 N–H and O–H groups in total. The van der Waals surface area contributed by atoms with Gasteiger partial charge in [-0.3, -0.25) is 10.1 Å². The number of carbonyl (C=O) groups excluding carboxylic acids is 1. The summed E-state index contributed by atoms with van der Waals surface area (Å²) in [6.07, 6.45) is 1.88. The van der Waals surface area contributed by atoms with Gasteiger partial charge >= 0.3 is 6.03 Å². The van der Waals surface area contributed by atoms with Crippen molar-refractivity contribution < 1.29 is 14.5 Å². The Kier molecular flexibility index (Phi) is 4.89. The second-order valence-electron chi connectivity index (χ2n) is 4.70. The monoisotopic (exact) mass is 279 g/mol. The van der Waals surface area contributed by atoms with Gasteiger partial charge in [0.15, 0.2) is 0 Å². The second kappa shape index (κ2) is 6.85. The molecule has 0 saturated carbocycles. The third-order valence-electron chi connectivity index (χ3n) is 3.21. The molecular formula is C13H17N3O4. The quantitative estimate of drug-likeness (QED) is 0.652. The van der Waals surface area contributed by atoms with E-state index in [-0.39, 0.29) is 11.7 Å². The molecule has 7 heteroatoms. The lowest BCUT2D eigenvalue weighted by Crippen LogP contribution is -2.35. The molecule has 0 spiro atoms. The number of rotatable bonds is 4. The Balaban J connectivity index is 1.81. The molecule has 0 aliphatic carbocycles. The van der Waals surface area contributed by atoms with Crippen LogP contribution in [0.25, 0.3) is 0 Å². The Morgan fingerprint density at radius 2 is 2.15 bits per heavy atom. The van der Waals surface area contributed by atoms with Gasteiger partial charge in [-0.2, -0.15) is 0 Å². The van der Waals surface area contributed by atoms with Crippen molar-refractivity contribution in [3.63, 3.8) is 0 Å². The minimum atomic E-state index is -0.495. The lowest BCUT2D eigenvalue weighted by molar-refractivity contribution is -0.384. The summed E-state index contributed by atoms with van der Waals surface area (Å²) >= 11 is 0. The minimum absolute atomic E-state index is 0.0489. The minimum Gasteiger partial charge on any atom is -0.381 e. The third-order valence-corrected chi connectivity index (χ3v) is 3.21. The van der Waals surface area contributed by atoms with Crippen LogP contribution < -0.4 is 10.6 Å². The molecule has 0 unspecified atom stereocenters. The molecule has 1 aliphatic heterocycles. The number of benzene rings is 1. The largest absolute Gasteiger partial charge is 0.381 e. The molecule has 108 valence electrons. The van der Waals surface area contributed by atoms with Gasteiger partial charge in [0.2, 0.25) is 0 Å². The van der Waals surface area contributed by atoms with E-state index in [1.54, 1.807) is 6.07 Å². The number of nitrogens with one attached hydrogen (secondary N) is 2. The van der Waals surface area contributed by atoms with Crippen molar-refractivity contribution in [2.24, 2.45) is 5.92 Å². The lowest BCUT2D eigenvalue weighted by Gasteiger charge is -2.22. The summed E-state index contributed by atoms with van der Waals surface area (Å²) in [6.45, 7) is 2.06. The Bertz CT molecular complexity index is 486. The Hall–Kier alpha value is -2.15. The fourth-order valence-corrected chi connectivity index (χ4v) is 2.06. The van der Waals surface area contributed by atoms with Crippen molar-refractivity contribution in [2.75, 3.05) is 25.1 Å². The van der Waals surface area contributed by atoms with E-state index in [1.807, 2.05) is 0 Å². The van der Waals surface area contributed by atoms with Crippen molar-refractivity contribution in [1.82, 2.24) is 5.32 Å². The second-order valence-corrected chi connectivity index (χ2v) is 4.70. The maximum atomic E-state index is 11.7. The Morgan fingerprint density at radius 1 is 1.40 bits per heavy atom. The highest BCUT2D eigenvalue weighted by molar-refractivity contribution is 5.89. The van der Waals surface area contributed by atoms with Crippen molar-refractivity contribution in [3.8, 4) is 0 Å². The van der Waals surface area contributed by atoms with Crippen LogP contribution in [0.15, 0.2) is 24.3 Å². The topological polar surface area (TPSA) is 93.5 Å². The average Bonchev–Trinajstić information content (AvgIpc) is 2.46. The highest BCUT2D eigenvalue weighted by Gasteiger charge is 2.15. The standard InChI is InChI=1S/C13H17N3O4/c17-13(14-9-10-4-6-20-7-5-10)15-11-2-1-3-12(8-11)16(18)19/h1-3,8,10H,4-7,9H2,(H2,14,15,17). The number of ether oxygens (including phenoxy) is 1. The summed E-state index contributed by atoms with van der Waals surface area (Å²) in [5.74, 6) is 0.430. The number of hydrogen-bond acceptors (Lipinski definition) is 4. The van der Waals surface area contributed by atoms with Crippen LogP contribution in [0.1, 0.15) is 12.8 Å². The van der Waals surface area contributed by atoms with Gasteiger partial charge in [-0.15, -0.1) is 0 Å². The molecule has 20 heavy (non-hydrogen) atoms. The van der Waals surface area contributed by atoms with Crippen LogP contribution in [0.2, 0.25) is 0 Å². The number of nitro groups is 1. The molecule has 7 nitrogen and oxygen atoms in total. The van der Waals surface area contributed by atoms with E-state index < -0.39 is 4.92 Å². The van der Waals surface area contributed by atoms with Gasteiger partial charge in [-0.1, -0.05) is 6.07 Å². The van der Waals surface area contributed by atoms with Gasteiger partial charge in [0.05, 0.1) is 4.92 Å². The maximum absolute atomic E-state index is 11.7. The predicted molar refractivity (Wildman–Crippen MR) is 73.7 cm³/mol. The molecule has 1 aromatic carbocycles. The van der Waals surface area contributed by atoms with E-state index in [1.165, 1.54) is 18.2 Å². The molecule has 1 saturated heterocycles. The Labute approximate surface area is 116 Å². The summed E-state index contributed by atoms with van der Waals surface area (Å²) in [6, 6.07) is 5.50. The van der Waals surface area contributed by atoms with Crippen LogP contribution >= 0.6 is 0 Å². The highest BCUT2D eigenvalue weighted by Crippen LogP contribution is 2.17. The van der Waals surface area contributed by atoms with Gasteiger partial charge in [0.1, 0.15) is 0 Å². The number of urea groups is 1. The van der Waals surface area contributed by atoms with Crippen LogP contribution in [0.5, 0.6) is 0 Å². The molecule has 1 heterocycles. The number of non-ortho nitro benzene ring substituents is 1. The highest BCUT2D eigenvalue weighted by atomic mass is 16.6. The van der Waals surface area contributed by atoms with Crippen LogP contribution in [0.3, 0.4) is 0 Å². The molecule has 1 aromatic rings. The molecule has 0 bridgehead atoms. The molecule has 1 fully saturated rings. The number of carbonyl (C=O) groups is 1. The van der Waals surface area contributed by atoms with Gasteiger partial charge in [0, 0.05) is 37.6 Å². The van der Waals surface area contributed by atoms with Crippen molar-refractivity contribution in [1.29, 1.82) is 0 Å². The maximum Gasteiger partial charge on any atom is 0.319 e. The Morgan fingerprint density at radius 3 is 2.85 bits per heavy atom. The van der Waals surface area contributed by atoms with E-state index in [9.17, 15) is 14.9 Å². The molecular weight excluding hydrogens is 262 g/mol. The number of anilines is 1. The molecule has 1 aliphatic rings. The van der Waals surface area contributed by atoms with E-state index >= 15 is 0 Å². The molecule has 2 amide bonds. The first-order chi connectivity index (χ1) is 9.65. The predicted octanol–water partition coefficient (Wildman–Crippen LogP) is 2.14. The van der Waals surface area contributed by atoms with Crippen LogP contribution in [0.4, 0.5) is 16.2 Å². The van der Waals surface area contributed by atoms with Crippen LogP contribution in [-0.2, 0) is 4.74 Å². The van der Waals surface area contributed by atoms with Crippen molar-refractivity contribution in [2.45, 2.75) is 12.8 Å². The average molecular weight is 279 g/mol. The summed E-state index contributed by atoms with van der Waals surface area (Å²) < 4.78 is 5.25. The molecule has 0 aromatic heterocycles. The zero-order chi connectivity index (χ0) is 14.4. The van der Waals surface area contributed by atoms with Gasteiger partial charge in [0.25, 0.3) is 5.69 Å². The summed E-state index contributed by atoms with van der Waals surface area (Å²) in [5, 5.41) is 16.0. The summed E-state index contributed by atoms with van der Waals surface area (Å²) in [4.78, 5) is 21.9. The van der Waals surface area contributed by atoms with Crippen molar-refractivity contribution >= 4 is 17.4 Å². The fraction of sp³-hybridized carbons (Fsp3) is 0.462. The molecule has 0 atom stereocenters. The van der Waals surface area contributed by atoms with Crippen LogP contribution in [-0.4, -0.2) is 30.7 Å². The fourth-order valence-electron chi connectivity index (χ4n) is 2.06. The zero-order valence-electron chi connectivity index (χ0n) is 11.0. The van der Waals surface area contributed by atoms with Gasteiger partial charge in [-0.05, 0) is 24.8 Å². The summed E-state index contributed by atoms with van der Waals surface area (Å²) in [7, 11) is 0. The van der Waals surface area contributed by atoms with E-state index in [2.05, 4.69) is 10.6 Å². The third kappa shape index (κ3) is 4.20. The van der Waals surface area contributed by atoms with Crippen LogP contribution in [0, 0.1) is 16.0 Å². The number of nitrogens with zero attached hydrogens (tertiary/aromatic N) is 1. The number of amides is 2. The summed E-state index contributed by atoms with van der Waals surface area (Å²) in [5.41, 5.74) is 0.357. The molecule has 2 rings (SSSR count). The van der Waals surface area contributed by atoms with E-state index in [0.29, 0.717) is 18.2 Å².